The van der Waals surface area contributed by atoms with Crippen molar-refractivity contribution in [3.63, 3.8) is 0 Å². The molecule has 1 N–H and O–H groups in total. The van der Waals surface area contributed by atoms with Gasteiger partial charge in [-0.25, -0.2) is 0 Å². The van der Waals surface area contributed by atoms with Gasteiger partial charge in [-0.15, -0.1) is 0 Å². The van der Waals surface area contributed by atoms with E-state index < -0.39 is 10.1 Å². The van der Waals surface area contributed by atoms with Gasteiger partial charge in [-0.2, -0.15) is 8.42 Å². The van der Waals surface area contributed by atoms with Crippen molar-refractivity contribution in [2.75, 3.05) is 5.75 Å². The quantitative estimate of drug-likeness (QED) is 0.501. The minimum Gasteiger partial charge on any atom is -0.286 e. The number of allylic oxidation sites excluding steroid dienone is 2. The Morgan fingerprint density at radius 1 is 1.60 bits per heavy atom. The van der Waals surface area contributed by atoms with Gasteiger partial charge in [-0.05, 0) is 12.8 Å². The van der Waals surface area contributed by atoms with Gasteiger partial charge in [0.15, 0.2) is 0 Å². The zero-order chi connectivity index (χ0) is 8.20. The monoisotopic (exact) mass is 164 g/mol. The lowest BCUT2D eigenvalue weighted by molar-refractivity contribution is 0.477. The highest BCUT2D eigenvalue weighted by molar-refractivity contribution is 7.85. The van der Waals surface area contributed by atoms with Crippen LogP contribution in [0.4, 0.5) is 0 Å². The third kappa shape index (κ3) is 5.78. The van der Waals surface area contributed by atoms with E-state index in [0.29, 0.717) is 0 Å². The second-order valence-corrected chi connectivity index (χ2v) is 3.75. The minimum atomic E-state index is -3.80. The highest BCUT2D eigenvalue weighted by Crippen LogP contribution is 2.00. The van der Waals surface area contributed by atoms with Crippen molar-refractivity contribution in [2.24, 2.45) is 5.92 Å². The molecule has 0 rings (SSSR count). The average molecular weight is 164 g/mol. The first-order valence-electron chi connectivity index (χ1n) is 3.03. The summed E-state index contributed by atoms with van der Waals surface area (Å²) in [7, 11) is -3.80. The second-order valence-electron chi connectivity index (χ2n) is 2.25. The van der Waals surface area contributed by atoms with Gasteiger partial charge in [0.25, 0.3) is 10.1 Å². The number of hydrogen-bond donors (Lipinski definition) is 1. The lowest BCUT2D eigenvalue weighted by Gasteiger charge is -2.00. The third-order valence-electron chi connectivity index (χ3n) is 0.994. The maximum atomic E-state index is 10.2. The molecule has 1 atom stereocenters. The maximum absolute atomic E-state index is 10.2. The van der Waals surface area contributed by atoms with Crippen LogP contribution in [0.2, 0.25) is 0 Å². The van der Waals surface area contributed by atoms with E-state index in [0.717, 1.165) is 0 Å². The molecule has 4 heteroatoms. The highest BCUT2D eigenvalue weighted by atomic mass is 32.2. The van der Waals surface area contributed by atoms with Gasteiger partial charge < -0.3 is 0 Å². The SMILES string of the molecule is CC=CC(C)CS(=O)(=O)O. The predicted molar refractivity (Wildman–Crippen MR) is 40.4 cm³/mol. The Balaban J connectivity index is 3.93. The molecular formula is C6H12O3S. The molecule has 10 heavy (non-hydrogen) atoms. The van der Waals surface area contributed by atoms with Gasteiger partial charge in [0, 0.05) is 0 Å². The molecule has 0 saturated heterocycles. The largest absolute Gasteiger partial charge is 0.286 e. The standard InChI is InChI=1S/C6H12O3S/c1-3-4-6(2)5-10(7,8)9/h3-4,6H,5H2,1-2H3,(H,7,8,9). The smallest absolute Gasteiger partial charge is 0.265 e. The van der Waals surface area contributed by atoms with E-state index in [-0.39, 0.29) is 11.7 Å². The molecule has 0 radical (unpaired) electrons. The molecule has 0 spiro atoms. The molecule has 1 unspecified atom stereocenters. The molecule has 0 amide bonds. The van der Waals surface area contributed by atoms with Gasteiger partial charge in [0.2, 0.25) is 0 Å². The van der Waals surface area contributed by atoms with Crippen molar-refractivity contribution >= 4 is 10.1 Å². The van der Waals surface area contributed by atoms with Crippen LogP contribution in [0.1, 0.15) is 13.8 Å². The molecule has 0 aromatic rings. The van der Waals surface area contributed by atoms with Gasteiger partial charge in [-0.1, -0.05) is 19.1 Å². The summed E-state index contributed by atoms with van der Waals surface area (Å²) in [5, 5.41) is 0. The summed E-state index contributed by atoms with van der Waals surface area (Å²) in [6, 6.07) is 0. The Kier molecular flexibility index (Phi) is 3.60. The topological polar surface area (TPSA) is 54.4 Å². The molecule has 0 saturated carbocycles. The van der Waals surface area contributed by atoms with Crippen molar-refractivity contribution in [2.45, 2.75) is 13.8 Å². The van der Waals surface area contributed by atoms with Crippen LogP contribution in [0.15, 0.2) is 12.2 Å². The Morgan fingerprint density at radius 2 is 2.10 bits per heavy atom. The first-order valence-corrected chi connectivity index (χ1v) is 4.64. The minimum absolute atomic E-state index is 0.111. The molecule has 0 fully saturated rings. The highest BCUT2D eigenvalue weighted by Gasteiger charge is 2.08. The molecule has 0 aliphatic rings. The molecule has 0 aliphatic heterocycles. The fraction of sp³-hybridized carbons (Fsp3) is 0.667. The predicted octanol–water partition coefficient (Wildman–Crippen LogP) is 1.09. The zero-order valence-electron chi connectivity index (χ0n) is 6.11. The molecule has 0 aromatic carbocycles. The van der Waals surface area contributed by atoms with Gasteiger partial charge in [0.1, 0.15) is 0 Å². The van der Waals surface area contributed by atoms with Crippen LogP contribution in [0.3, 0.4) is 0 Å². The van der Waals surface area contributed by atoms with Crippen molar-refractivity contribution in [3.05, 3.63) is 12.2 Å². The van der Waals surface area contributed by atoms with E-state index in [9.17, 15) is 8.42 Å². The summed E-state index contributed by atoms with van der Waals surface area (Å²) >= 11 is 0. The molecule has 0 bridgehead atoms. The van der Waals surface area contributed by atoms with Crippen LogP contribution >= 0.6 is 0 Å². The first kappa shape index (κ1) is 9.65. The Morgan fingerprint density at radius 3 is 2.40 bits per heavy atom. The second kappa shape index (κ2) is 3.73. The van der Waals surface area contributed by atoms with Crippen LogP contribution in [0.25, 0.3) is 0 Å². The van der Waals surface area contributed by atoms with Crippen LogP contribution in [0.5, 0.6) is 0 Å². The van der Waals surface area contributed by atoms with Gasteiger partial charge >= 0.3 is 0 Å². The molecule has 3 nitrogen and oxygen atoms in total. The molecule has 60 valence electrons. The summed E-state index contributed by atoms with van der Waals surface area (Å²) in [4.78, 5) is 0. The van der Waals surface area contributed by atoms with E-state index in [1.165, 1.54) is 0 Å². The molecular weight excluding hydrogens is 152 g/mol. The number of hydrogen-bond acceptors (Lipinski definition) is 2. The van der Waals surface area contributed by atoms with Crippen molar-refractivity contribution < 1.29 is 13.0 Å². The number of rotatable bonds is 3. The van der Waals surface area contributed by atoms with Crippen molar-refractivity contribution in [1.82, 2.24) is 0 Å². The lowest BCUT2D eigenvalue weighted by Crippen LogP contribution is -2.10. The van der Waals surface area contributed by atoms with Crippen LogP contribution in [0, 0.1) is 5.92 Å². The summed E-state index contributed by atoms with van der Waals surface area (Å²) in [5.41, 5.74) is 0. The lowest BCUT2D eigenvalue weighted by atomic mass is 10.2. The van der Waals surface area contributed by atoms with E-state index in [2.05, 4.69) is 0 Å². The van der Waals surface area contributed by atoms with Crippen molar-refractivity contribution in [3.8, 4) is 0 Å². The fourth-order valence-electron chi connectivity index (χ4n) is 0.716. The third-order valence-corrected chi connectivity index (χ3v) is 1.94. The summed E-state index contributed by atoms with van der Waals surface area (Å²) in [6.07, 6.45) is 3.49. The summed E-state index contributed by atoms with van der Waals surface area (Å²) < 4.78 is 28.8. The van der Waals surface area contributed by atoms with E-state index in [1.807, 2.05) is 0 Å². The molecule has 0 aromatic heterocycles. The molecule has 0 aliphatic carbocycles. The van der Waals surface area contributed by atoms with Crippen LogP contribution in [-0.2, 0) is 10.1 Å². The van der Waals surface area contributed by atoms with Crippen molar-refractivity contribution in [1.29, 1.82) is 0 Å². The normalized spacial score (nSPS) is 15.9. The first-order chi connectivity index (χ1) is 4.45. The maximum Gasteiger partial charge on any atom is 0.265 e. The average Bonchev–Trinajstić information content (AvgIpc) is 1.59. The Bertz CT molecular complexity index is 203. The van der Waals surface area contributed by atoms with E-state index in [1.54, 1.807) is 26.0 Å². The van der Waals surface area contributed by atoms with Crippen LogP contribution in [-0.4, -0.2) is 18.7 Å². The van der Waals surface area contributed by atoms with E-state index >= 15 is 0 Å². The summed E-state index contributed by atoms with van der Waals surface area (Å²) in [6.45, 7) is 3.54. The Labute approximate surface area is 61.5 Å². The van der Waals surface area contributed by atoms with E-state index in [4.69, 9.17) is 4.55 Å². The summed E-state index contributed by atoms with van der Waals surface area (Å²) in [5.74, 6) is -0.308. The van der Waals surface area contributed by atoms with Gasteiger partial charge in [-0.3, -0.25) is 4.55 Å². The Hall–Kier alpha value is -0.350. The fourth-order valence-corrected chi connectivity index (χ4v) is 1.49. The van der Waals surface area contributed by atoms with Crippen LogP contribution < -0.4 is 0 Å². The molecule has 0 heterocycles. The van der Waals surface area contributed by atoms with Gasteiger partial charge in [0.05, 0.1) is 5.75 Å². The zero-order valence-corrected chi connectivity index (χ0v) is 6.93.